The molecule has 0 fully saturated rings. The number of hydrogen-bond donors (Lipinski definition) is 2. The van der Waals surface area contributed by atoms with E-state index in [1.807, 2.05) is 42.5 Å². The van der Waals surface area contributed by atoms with Crippen LogP contribution in [0, 0.1) is 0 Å². The predicted molar refractivity (Wildman–Crippen MR) is 102 cm³/mol. The van der Waals surface area contributed by atoms with Gasteiger partial charge in [-0.25, -0.2) is 4.98 Å². The van der Waals surface area contributed by atoms with E-state index in [0.29, 0.717) is 24.4 Å². The highest BCUT2D eigenvalue weighted by Crippen LogP contribution is 2.17. The summed E-state index contributed by atoms with van der Waals surface area (Å²) >= 11 is 3.44. The molecule has 5 nitrogen and oxygen atoms in total. The third-order valence-corrected chi connectivity index (χ3v) is 4.59. The Morgan fingerprint density at radius 2 is 2.04 bits per heavy atom. The van der Waals surface area contributed by atoms with Gasteiger partial charge in [-0.15, -0.1) is 0 Å². The van der Waals surface area contributed by atoms with Gasteiger partial charge in [-0.3, -0.25) is 4.79 Å². The Morgan fingerprint density at radius 1 is 1.20 bits per heavy atom. The molecule has 1 aromatic heterocycles. The SMILES string of the molecule is CC[NH+](CCOc1cccc(Br)c1)Cc1nc2ccccc2c(=O)[nH]1. The maximum Gasteiger partial charge on any atom is 0.258 e. The fourth-order valence-electron chi connectivity index (χ4n) is 2.72. The second-order valence-electron chi connectivity index (χ2n) is 5.87. The number of likely N-dealkylation sites (N-methyl/N-ethyl adjacent to an activating group) is 1. The lowest BCUT2D eigenvalue weighted by Gasteiger charge is -2.17. The number of fused-ring (bicyclic) bond motifs is 1. The van der Waals surface area contributed by atoms with Crippen molar-refractivity contribution in [3.8, 4) is 5.75 Å². The summed E-state index contributed by atoms with van der Waals surface area (Å²) in [5.74, 6) is 1.56. The summed E-state index contributed by atoms with van der Waals surface area (Å²) in [6.45, 7) is 5.15. The number of benzene rings is 2. The number of halogens is 1. The fourth-order valence-corrected chi connectivity index (χ4v) is 3.09. The zero-order chi connectivity index (χ0) is 17.6. The first-order chi connectivity index (χ1) is 12.2. The van der Waals surface area contributed by atoms with Crippen LogP contribution in [0.4, 0.5) is 0 Å². The minimum absolute atomic E-state index is 0.0820. The first kappa shape index (κ1) is 17.6. The molecular formula is C19H21BrN3O2+. The van der Waals surface area contributed by atoms with E-state index in [0.717, 1.165) is 28.8 Å². The molecule has 0 aliphatic carbocycles. The van der Waals surface area contributed by atoms with Crippen molar-refractivity contribution in [1.82, 2.24) is 9.97 Å². The Labute approximate surface area is 154 Å². The van der Waals surface area contributed by atoms with E-state index in [4.69, 9.17) is 4.74 Å². The van der Waals surface area contributed by atoms with E-state index >= 15 is 0 Å². The van der Waals surface area contributed by atoms with Crippen molar-refractivity contribution in [2.45, 2.75) is 13.5 Å². The quantitative estimate of drug-likeness (QED) is 0.636. The molecule has 0 radical (unpaired) electrons. The number of aromatic amines is 1. The topological polar surface area (TPSA) is 59.4 Å². The molecule has 25 heavy (non-hydrogen) atoms. The lowest BCUT2D eigenvalue weighted by atomic mass is 10.2. The van der Waals surface area contributed by atoms with Gasteiger partial charge in [-0.1, -0.05) is 34.1 Å². The molecule has 2 aromatic carbocycles. The molecular weight excluding hydrogens is 382 g/mol. The highest BCUT2D eigenvalue weighted by Gasteiger charge is 2.11. The Kier molecular flexibility index (Phi) is 5.83. The average Bonchev–Trinajstić information content (AvgIpc) is 2.61. The zero-order valence-electron chi connectivity index (χ0n) is 14.1. The highest BCUT2D eigenvalue weighted by atomic mass is 79.9. The van der Waals surface area contributed by atoms with Gasteiger partial charge in [0.15, 0.2) is 5.82 Å². The molecule has 0 saturated heterocycles. The Hall–Kier alpha value is -2.18. The lowest BCUT2D eigenvalue weighted by molar-refractivity contribution is -0.912. The zero-order valence-corrected chi connectivity index (χ0v) is 15.7. The van der Waals surface area contributed by atoms with Gasteiger partial charge in [0.05, 0.1) is 17.4 Å². The standard InChI is InChI=1S/C19H20BrN3O2/c1-2-23(10-11-25-15-7-5-6-14(20)12-15)13-18-21-17-9-4-3-8-16(17)19(24)22-18/h3-9,12H,2,10-11,13H2,1H3,(H,21,22,24)/p+1. The third-order valence-electron chi connectivity index (χ3n) is 4.10. The molecule has 0 spiro atoms. The van der Waals surface area contributed by atoms with Crippen LogP contribution in [0.3, 0.4) is 0 Å². The van der Waals surface area contributed by atoms with Crippen molar-refractivity contribution in [3.05, 3.63) is 69.2 Å². The van der Waals surface area contributed by atoms with Crippen LogP contribution in [0.2, 0.25) is 0 Å². The summed E-state index contributed by atoms with van der Waals surface area (Å²) in [6, 6.07) is 15.2. The van der Waals surface area contributed by atoms with Gasteiger partial charge in [0, 0.05) is 4.47 Å². The van der Waals surface area contributed by atoms with E-state index in [1.54, 1.807) is 6.07 Å². The summed E-state index contributed by atoms with van der Waals surface area (Å²) in [5.41, 5.74) is 0.656. The van der Waals surface area contributed by atoms with Crippen molar-refractivity contribution in [1.29, 1.82) is 0 Å². The van der Waals surface area contributed by atoms with Crippen LogP contribution in [-0.4, -0.2) is 29.7 Å². The van der Waals surface area contributed by atoms with Crippen molar-refractivity contribution < 1.29 is 9.64 Å². The van der Waals surface area contributed by atoms with Crippen LogP contribution in [0.15, 0.2) is 57.8 Å². The van der Waals surface area contributed by atoms with Crippen LogP contribution < -0.4 is 15.2 Å². The molecule has 6 heteroatoms. The van der Waals surface area contributed by atoms with Crippen molar-refractivity contribution in [3.63, 3.8) is 0 Å². The van der Waals surface area contributed by atoms with Crippen LogP contribution in [-0.2, 0) is 6.54 Å². The first-order valence-electron chi connectivity index (χ1n) is 8.35. The monoisotopic (exact) mass is 402 g/mol. The Morgan fingerprint density at radius 3 is 2.84 bits per heavy atom. The number of ether oxygens (including phenoxy) is 1. The number of aromatic nitrogens is 2. The third kappa shape index (κ3) is 4.67. The first-order valence-corrected chi connectivity index (χ1v) is 9.15. The molecule has 0 amide bonds. The van der Waals surface area contributed by atoms with Crippen molar-refractivity contribution in [2.75, 3.05) is 19.7 Å². The van der Waals surface area contributed by atoms with Gasteiger partial charge in [0.2, 0.25) is 0 Å². The molecule has 0 aliphatic heterocycles. The van der Waals surface area contributed by atoms with Gasteiger partial charge in [-0.2, -0.15) is 0 Å². The molecule has 0 saturated carbocycles. The van der Waals surface area contributed by atoms with E-state index in [-0.39, 0.29) is 5.56 Å². The molecule has 0 bridgehead atoms. The highest BCUT2D eigenvalue weighted by molar-refractivity contribution is 9.10. The van der Waals surface area contributed by atoms with E-state index in [1.165, 1.54) is 4.90 Å². The normalized spacial score (nSPS) is 12.2. The van der Waals surface area contributed by atoms with Crippen molar-refractivity contribution >= 4 is 26.8 Å². The van der Waals surface area contributed by atoms with Gasteiger partial charge >= 0.3 is 0 Å². The van der Waals surface area contributed by atoms with Crippen LogP contribution >= 0.6 is 15.9 Å². The van der Waals surface area contributed by atoms with Gasteiger partial charge in [-0.05, 0) is 37.3 Å². The predicted octanol–water partition coefficient (Wildman–Crippen LogP) is 2.17. The minimum atomic E-state index is -0.0820. The summed E-state index contributed by atoms with van der Waals surface area (Å²) in [4.78, 5) is 20.9. The maximum absolute atomic E-state index is 12.2. The maximum atomic E-state index is 12.2. The largest absolute Gasteiger partial charge is 0.488 e. The lowest BCUT2D eigenvalue weighted by Crippen LogP contribution is -3.11. The molecule has 2 N–H and O–H groups in total. The molecule has 3 aromatic rings. The Balaban J connectivity index is 1.63. The number of hydrogen-bond acceptors (Lipinski definition) is 3. The molecule has 1 atom stereocenters. The number of nitrogens with zero attached hydrogens (tertiary/aromatic N) is 1. The van der Waals surface area contributed by atoms with Gasteiger partial charge in [0.25, 0.3) is 5.56 Å². The van der Waals surface area contributed by atoms with Crippen LogP contribution in [0.1, 0.15) is 12.7 Å². The van der Waals surface area contributed by atoms with Gasteiger partial charge in [0.1, 0.15) is 25.4 Å². The molecule has 3 rings (SSSR count). The summed E-state index contributed by atoms with van der Waals surface area (Å²) in [6.07, 6.45) is 0. The average molecular weight is 403 g/mol. The number of para-hydroxylation sites is 1. The molecule has 130 valence electrons. The summed E-state index contributed by atoms with van der Waals surface area (Å²) in [7, 11) is 0. The second-order valence-corrected chi connectivity index (χ2v) is 6.78. The smallest absolute Gasteiger partial charge is 0.258 e. The van der Waals surface area contributed by atoms with E-state index in [2.05, 4.69) is 32.8 Å². The number of nitrogens with one attached hydrogen (secondary N) is 2. The molecule has 0 aliphatic rings. The second kappa shape index (κ2) is 8.27. The van der Waals surface area contributed by atoms with E-state index in [9.17, 15) is 4.79 Å². The minimum Gasteiger partial charge on any atom is -0.488 e. The van der Waals surface area contributed by atoms with Crippen LogP contribution in [0.25, 0.3) is 10.9 Å². The molecule has 1 heterocycles. The number of rotatable bonds is 7. The molecule has 1 unspecified atom stereocenters. The van der Waals surface area contributed by atoms with E-state index < -0.39 is 0 Å². The fraction of sp³-hybridized carbons (Fsp3) is 0.263. The van der Waals surface area contributed by atoms with Crippen LogP contribution in [0.5, 0.6) is 5.75 Å². The number of quaternary nitrogens is 1. The Bertz CT molecular complexity index is 910. The van der Waals surface area contributed by atoms with Crippen molar-refractivity contribution in [2.24, 2.45) is 0 Å². The van der Waals surface area contributed by atoms with Gasteiger partial charge < -0.3 is 14.6 Å². The number of H-pyrrole nitrogens is 1. The summed E-state index contributed by atoms with van der Waals surface area (Å²) < 4.78 is 6.81. The summed E-state index contributed by atoms with van der Waals surface area (Å²) in [5, 5.41) is 0.627.